The number of benzene rings is 2. The molecule has 8 nitrogen and oxygen atoms in total. The fourth-order valence-corrected chi connectivity index (χ4v) is 6.56. The van der Waals surface area contributed by atoms with Crippen molar-refractivity contribution in [1.29, 1.82) is 0 Å². The molecule has 4 aromatic rings. The molecule has 6 rings (SSSR count). The number of rotatable bonds is 8. The SMILES string of the molecule is CC(C)N1CCOc2c(F)cc(-c3nc(Cc4ccc5sc(N6CCN(CCN(C)C)CC6)nc5c4)ncc3F)cc21. The van der Waals surface area contributed by atoms with Gasteiger partial charge in [-0.15, -0.1) is 0 Å². The van der Waals surface area contributed by atoms with Crippen LogP contribution in [-0.2, 0) is 6.42 Å². The van der Waals surface area contributed by atoms with Crippen molar-refractivity contribution in [3.05, 3.63) is 59.6 Å². The number of anilines is 2. The number of halogens is 2. The summed E-state index contributed by atoms with van der Waals surface area (Å²) in [4.78, 5) is 22.9. The van der Waals surface area contributed by atoms with Gasteiger partial charge in [-0.3, -0.25) is 4.90 Å². The van der Waals surface area contributed by atoms with E-state index in [1.54, 1.807) is 17.4 Å². The second-order valence-corrected chi connectivity index (χ2v) is 12.5. The molecular weight excluding hydrogens is 556 g/mol. The van der Waals surface area contributed by atoms with Gasteiger partial charge in [0, 0.05) is 57.3 Å². The summed E-state index contributed by atoms with van der Waals surface area (Å²) >= 11 is 1.71. The van der Waals surface area contributed by atoms with Gasteiger partial charge in [-0.25, -0.2) is 23.7 Å². The Kier molecular flexibility index (Phi) is 8.24. The second-order valence-electron chi connectivity index (χ2n) is 11.5. The number of ether oxygens (including phenoxy) is 1. The summed E-state index contributed by atoms with van der Waals surface area (Å²) in [6.07, 6.45) is 1.58. The van der Waals surface area contributed by atoms with Crippen molar-refractivity contribution < 1.29 is 13.5 Å². The van der Waals surface area contributed by atoms with Crippen LogP contribution in [0.2, 0.25) is 0 Å². The van der Waals surface area contributed by atoms with Gasteiger partial charge in [0.1, 0.15) is 18.1 Å². The standard InChI is InChI=1S/C31H37F2N7OS/c1-20(2)40-13-14-41-30-23(32)17-22(18-26(30)40)29-24(33)19-34-28(36-29)16-21-5-6-27-25(15-21)35-31(42-27)39-11-9-38(10-12-39)8-7-37(3)4/h5-6,15,17-20H,7-14,16H2,1-4H3. The lowest BCUT2D eigenvalue weighted by atomic mass is 10.1. The van der Waals surface area contributed by atoms with Gasteiger partial charge in [-0.05, 0) is 57.8 Å². The third-order valence-electron chi connectivity index (χ3n) is 7.91. The number of hydrogen-bond acceptors (Lipinski definition) is 9. The van der Waals surface area contributed by atoms with E-state index in [9.17, 15) is 4.39 Å². The molecule has 0 atom stereocenters. The van der Waals surface area contributed by atoms with E-state index in [0.29, 0.717) is 36.6 Å². The minimum absolute atomic E-state index is 0.0812. The monoisotopic (exact) mass is 593 g/mol. The summed E-state index contributed by atoms with van der Waals surface area (Å²) in [5.74, 6) is -0.444. The first-order valence-electron chi connectivity index (χ1n) is 14.5. The van der Waals surface area contributed by atoms with Crippen LogP contribution in [0.3, 0.4) is 0 Å². The number of aromatic nitrogens is 3. The topological polar surface area (TPSA) is 60.9 Å². The predicted octanol–water partition coefficient (Wildman–Crippen LogP) is 4.91. The van der Waals surface area contributed by atoms with Crippen molar-refractivity contribution in [3.63, 3.8) is 0 Å². The number of fused-ring (bicyclic) bond motifs is 2. The molecule has 0 radical (unpaired) electrons. The largest absolute Gasteiger partial charge is 0.486 e. The molecule has 0 N–H and O–H groups in total. The van der Waals surface area contributed by atoms with E-state index in [2.05, 4.69) is 55.8 Å². The van der Waals surface area contributed by atoms with E-state index in [1.165, 1.54) is 12.3 Å². The van der Waals surface area contributed by atoms with Crippen molar-refractivity contribution in [1.82, 2.24) is 24.8 Å². The zero-order valence-electron chi connectivity index (χ0n) is 24.6. The van der Waals surface area contributed by atoms with Crippen LogP contribution >= 0.6 is 11.3 Å². The molecule has 222 valence electrons. The van der Waals surface area contributed by atoms with E-state index in [0.717, 1.165) is 60.2 Å². The number of thiazole rings is 1. The first-order valence-corrected chi connectivity index (χ1v) is 15.3. The number of nitrogens with zero attached hydrogens (tertiary/aromatic N) is 7. The zero-order valence-corrected chi connectivity index (χ0v) is 25.4. The Balaban J connectivity index is 1.20. The molecule has 2 aromatic carbocycles. The summed E-state index contributed by atoms with van der Waals surface area (Å²) in [5, 5.41) is 1.04. The van der Waals surface area contributed by atoms with Crippen LogP contribution in [0.4, 0.5) is 19.6 Å². The number of likely N-dealkylation sites (N-methyl/N-ethyl adjacent to an activating group) is 1. The normalized spacial score (nSPS) is 16.0. The van der Waals surface area contributed by atoms with Crippen LogP contribution in [0.15, 0.2) is 36.5 Å². The second kappa shape index (κ2) is 12.1. The van der Waals surface area contributed by atoms with Gasteiger partial charge in [0.05, 0.1) is 28.6 Å². The highest BCUT2D eigenvalue weighted by Crippen LogP contribution is 2.39. The Morgan fingerprint density at radius 2 is 1.81 bits per heavy atom. The van der Waals surface area contributed by atoms with Gasteiger partial charge >= 0.3 is 0 Å². The van der Waals surface area contributed by atoms with Crippen molar-refractivity contribution >= 4 is 32.4 Å². The van der Waals surface area contributed by atoms with Gasteiger partial charge < -0.3 is 19.4 Å². The Bertz CT molecular complexity index is 1570. The molecule has 0 saturated carbocycles. The van der Waals surface area contributed by atoms with Crippen LogP contribution < -0.4 is 14.5 Å². The quantitative estimate of drug-likeness (QED) is 0.286. The van der Waals surface area contributed by atoms with Gasteiger partial charge in [0.2, 0.25) is 0 Å². The van der Waals surface area contributed by atoms with Gasteiger partial charge in [0.25, 0.3) is 0 Å². The number of hydrogen-bond donors (Lipinski definition) is 0. The minimum Gasteiger partial charge on any atom is -0.486 e. The van der Waals surface area contributed by atoms with Gasteiger partial charge in [0.15, 0.2) is 22.5 Å². The molecule has 2 aromatic heterocycles. The maximum atomic E-state index is 15.1. The molecule has 1 fully saturated rings. The Labute approximate surface area is 249 Å². The summed E-state index contributed by atoms with van der Waals surface area (Å²) < 4.78 is 36.8. The third kappa shape index (κ3) is 6.04. The first-order chi connectivity index (χ1) is 20.2. The maximum Gasteiger partial charge on any atom is 0.186 e. The van der Waals surface area contributed by atoms with Gasteiger partial charge in [-0.1, -0.05) is 17.4 Å². The third-order valence-corrected chi connectivity index (χ3v) is 9.01. The summed E-state index contributed by atoms with van der Waals surface area (Å²) in [6, 6.07) is 9.40. The van der Waals surface area contributed by atoms with Crippen molar-refractivity contribution in [2.24, 2.45) is 0 Å². The Morgan fingerprint density at radius 1 is 1.00 bits per heavy atom. The van der Waals surface area contributed by atoms with E-state index < -0.39 is 11.6 Å². The lowest BCUT2D eigenvalue weighted by molar-refractivity contribution is 0.229. The van der Waals surface area contributed by atoms with Crippen LogP contribution in [-0.4, -0.2) is 97.3 Å². The predicted molar refractivity (Wildman–Crippen MR) is 165 cm³/mol. The molecule has 11 heteroatoms. The fourth-order valence-electron chi connectivity index (χ4n) is 5.56. The van der Waals surface area contributed by atoms with Gasteiger partial charge in [-0.2, -0.15) is 0 Å². The molecule has 42 heavy (non-hydrogen) atoms. The lowest BCUT2D eigenvalue weighted by Gasteiger charge is -2.35. The molecule has 0 aliphatic carbocycles. The highest BCUT2D eigenvalue weighted by atomic mass is 32.1. The molecule has 0 amide bonds. The summed E-state index contributed by atoms with van der Waals surface area (Å²) in [5.41, 5.74) is 2.99. The van der Waals surface area contributed by atoms with E-state index in [-0.39, 0.29) is 17.5 Å². The van der Waals surface area contributed by atoms with Crippen molar-refractivity contribution in [2.45, 2.75) is 26.3 Å². The van der Waals surface area contributed by atoms with Crippen molar-refractivity contribution in [2.75, 3.05) is 76.3 Å². The molecule has 0 spiro atoms. The molecule has 1 saturated heterocycles. The highest BCUT2D eigenvalue weighted by molar-refractivity contribution is 7.22. The maximum absolute atomic E-state index is 15.1. The van der Waals surface area contributed by atoms with Crippen LogP contribution in [0.25, 0.3) is 21.5 Å². The van der Waals surface area contributed by atoms with Crippen LogP contribution in [0.5, 0.6) is 5.75 Å². The van der Waals surface area contributed by atoms with Crippen LogP contribution in [0.1, 0.15) is 25.2 Å². The molecule has 0 unspecified atom stereocenters. The smallest absolute Gasteiger partial charge is 0.186 e. The molecular formula is C31H37F2N7OS. The Hall–Kier alpha value is -3.41. The molecule has 2 aliphatic rings. The first kappa shape index (κ1) is 28.7. The fraction of sp³-hybridized carbons (Fsp3) is 0.452. The van der Waals surface area contributed by atoms with E-state index >= 15 is 4.39 Å². The minimum atomic E-state index is -0.590. The van der Waals surface area contributed by atoms with Crippen molar-refractivity contribution in [3.8, 4) is 17.0 Å². The average molecular weight is 594 g/mol. The molecule has 2 aliphatic heterocycles. The summed E-state index contributed by atoms with van der Waals surface area (Å²) in [7, 11) is 4.22. The Morgan fingerprint density at radius 3 is 2.57 bits per heavy atom. The average Bonchev–Trinajstić information content (AvgIpc) is 3.40. The lowest BCUT2D eigenvalue weighted by Crippen LogP contribution is -2.48. The molecule has 4 heterocycles. The highest BCUT2D eigenvalue weighted by Gasteiger charge is 2.26. The number of piperazine rings is 1. The molecule has 0 bridgehead atoms. The van der Waals surface area contributed by atoms with Crippen LogP contribution in [0, 0.1) is 11.6 Å². The van der Waals surface area contributed by atoms with E-state index in [4.69, 9.17) is 9.72 Å². The zero-order chi connectivity index (χ0) is 29.4. The van der Waals surface area contributed by atoms with E-state index in [1.807, 2.05) is 19.9 Å². The summed E-state index contributed by atoms with van der Waals surface area (Å²) in [6.45, 7) is 11.3.